The number of aromatic nitrogens is 2. The van der Waals surface area contributed by atoms with Crippen LogP contribution < -0.4 is 9.80 Å². The minimum Gasteiger partial charge on any atom is -0.508 e. The largest absolute Gasteiger partial charge is 0.508 e. The molecule has 31 heavy (non-hydrogen) atoms. The molecule has 1 N–H and O–H groups in total. The summed E-state index contributed by atoms with van der Waals surface area (Å²) in [6.45, 7) is 5.39. The van der Waals surface area contributed by atoms with Gasteiger partial charge in [-0.15, -0.1) is 0 Å². The highest BCUT2D eigenvalue weighted by Crippen LogP contribution is 2.37. The van der Waals surface area contributed by atoms with E-state index >= 15 is 0 Å². The lowest BCUT2D eigenvalue weighted by Gasteiger charge is -2.36. The van der Waals surface area contributed by atoms with Gasteiger partial charge in [0.25, 0.3) is 0 Å². The van der Waals surface area contributed by atoms with Crippen molar-refractivity contribution < 1.29 is 9.90 Å². The number of hydrogen-bond donors (Lipinski definition) is 1. The number of Topliss-reactive ketones (excluding diaryl/α,β-unsaturated/α-hetero) is 1. The number of fused-ring (bicyclic) bond motifs is 1. The topological polar surface area (TPSA) is 69.6 Å². The van der Waals surface area contributed by atoms with Gasteiger partial charge in [-0.2, -0.15) is 0 Å². The maximum atomic E-state index is 12.9. The third kappa shape index (κ3) is 3.74. The molecule has 1 fully saturated rings. The zero-order valence-electron chi connectivity index (χ0n) is 17.7. The van der Waals surface area contributed by atoms with Crippen LogP contribution in [-0.4, -0.2) is 47.0 Å². The van der Waals surface area contributed by atoms with Gasteiger partial charge >= 0.3 is 0 Å². The Labute approximate surface area is 182 Å². The van der Waals surface area contributed by atoms with Crippen molar-refractivity contribution in [3.05, 3.63) is 77.1 Å². The van der Waals surface area contributed by atoms with Crippen LogP contribution in [0.15, 0.2) is 54.6 Å². The molecule has 1 atom stereocenters. The van der Waals surface area contributed by atoms with Gasteiger partial charge < -0.3 is 14.9 Å². The average molecular weight is 415 g/mol. The Morgan fingerprint density at radius 3 is 2.29 bits per heavy atom. The summed E-state index contributed by atoms with van der Waals surface area (Å²) in [5, 5.41) is 10.3. The summed E-state index contributed by atoms with van der Waals surface area (Å²) in [6, 6.07) is 17.7. The van der Waals surface area contributed by atoms with Crippen LogP contribution in [-0.2, 0) is 6.42 Å². The number of piperazine rings is 1. The van der Waals surface area contributed by atoms with Gasteiger partial charge in [0.1, 0.15) is 5.75 Å². The second-order valence-electron chi connectivity index (χ2n) is 8.33. The molecule has 2 aromatic carbocycles. The number of rotatable bonds is 3. The number of aryl methyl sites for hydroxylation is 1. The van der Waals surface area contributed by atoms with Crippen LogP contribution in [0, 0.1) is 6.92 Å². The van der Waals surface area contributed by atoms with Gasteiger partial charge in [0.05, 0.1) is 17.0 Å². The third-order valence-corrected chi connectivity index (χ3v) is 6.36. The van der Waals surface area contributed by atoms with E-state index in [9.17, 15) is 9.90 Å². The second kappa shape index (κ2) is 8.02. The molecule has 3 aromatic rings. The van der Waals surface area contributed by atoms with Gasteiger partial charge in [-0.05, 0) is 37.1 Å². The van der Waals surface area contributed by atoms with Crippen molar-refractivity contribution in [2.75, 3.05) is 36.0 Å². The zero-order chi connectivity index (χ0) is 21.4. The molecule has 1 saturated heterocycles. The predicted octanol–water partition coefficient (Wildman–Crippen LogP) is 3.73. The van der Waals surface area contributed by atoms with Crippen molar-refractivity contribution in [2.24, 2.45) is 0 Å². The normalized spacial score (nSPS) is 18.7. The molecule has 1 unspecified atom stereocenters. The highest BCUT2D eigenvalue weighted by molar-refractivity contribution is 5.99. The lowest BCUT2D eigenvalue weighted by atomic mass is 9.81. The molecule has 1 aliphatic heterocycles. The Bertz CT molecular complexity index is 1110. The van der Waals surface area contributed by atoms with Crippen molar-refractivity contribution in [3.8, 4) is 5.75 Å². The van der Waals surface area contributed by atoms with Crippen LogP contribution in [0.1, 0.15) is 39.6 Å². The van der Waals surface area contributed by atoms with Gasteiger partial charge in [-0.25, -0.2) is 9.97 Å². The van der Waals surface area contributed by atoms with Crippen LogP contribution in [0.3, 0.4) is 0 Å². The third-order valence-electron chi connectivity index (χ3n) is 6.36. The molecule has 2 aliphatic rings. The number of anilines is 2. The van der Waals surface area contributed by atoms with E-state index in [0.29, 0.717) is 24.4 Å². The van der Waals surface area contributed by atoms with E-state index in [2.05, 4.69) is 34.1 Å². The van der Waals surface area contributed by atoms with E-state index in [-0.39, 0.29) is 17.5 Å². The summed E-state index contributed by atoms with van der Waals surface area (Å²) >= 11 is 0. The standard InChI is InChI=1S/C25H26N4O2/c1-17-24-21(15-18(16-23(24)31)20-9-5-6-10-22(20)30)27-25(26-17)29-13-11-28(12-14-29)19-7-3-2-4-8-19/h2-10,18,30H,11-16H2,1H3. The Morgan fingerprint density at radius 1 is 0.871 bits per heavy atom. The maximum Gasteiger partial charge on any atom is 0.225 e. The van der Waals surface area contributed by atoms with Gasteiger partial charge in [0.15, 0.2) is 5.78 Å². The molecule has 1 aromatic heterocycles. The number of ketones is 1. The molecule has 0 amide bonds. The minimum absolute atomic E-state index is 0.0572. The number of phenols is 1. The number of carbonyl (C=O) groups is 1. The first-order chi connectivity index (χ1) is 15.1. The molecule has 0 bridgehead atoms. The fraction of sp³-hybridized carbons (Fsp3) is 0.320. The summed E-state index contributed by atoms with van der Waals surface area (Å²) in [6.07, 6.45) is 1.02. The van der Waals surface area contributed by atoms with Crippen molar-refractivity contribution in [2.45, 2.75) is 25.7 Å². The number of nitrogens with zero attached hydrogens (tertiary/aromatic N) is 4. The quantitative estimate of drug-likeness (QED) is 0.704. The number of phenolic OH excluding ortho intramolecular Hbond substituents is 1. The van der Waals surface area contributed by atoms with Gasteiger partial charge in [0, 0.05) is 44.2 Å². The highest BCUT2D eigenvalue weighted by atomic mass is 16.3. The number of para-hydroxylation sites is 2. The molecule has 0 radical (unpaired) electrons. The zero-order valence-corrected chi connectivity index (χ0v) is 17.7. The first kappa shape index (κ1) is 19.5. The summed E-state index contributed by atoms with van der Waals surface area (Å²) in [7, 11) is 0. The Morgan fingerprint density at radius 2 is 1.55 bits per heavy atom. The van der Waals surface area contributed by atoms with Crippen LogP contribution in [0.25, 0.3) is 0 Å². The summed E-state index contributed by atoms with van der Waals surface area (Å²) in [4.78, 5) is 27.0. The van der Waals surface area contributed by atoms with E-state index < -0.39 is 0 Å². The average Bonchev–Trinajstić information content (AvgIpc) is 2.79. The van der Waals surface area contributed by atoms with E-state index in [1.165, 1.54) is 5.69 Å². The molecule has 158 valence electrons. The summed E-state index contributed by atoms with van der Waals surface area (Å²) < 4.78 is 0. The Kier molecular flexibility index (Phi) is 5.06. The van der Waals surface area contributed by atoms with Gasteiger partial charge in [-0.3, -0.25) is 4.79 Å². The number of aromatic hydroxyl groups is 1. The maximum absolute atomic E-state index is 12.9. The molecule has 1 aliphatic carbocycles. The second-order valence-corrected chi connectivity index (χ2v) is 8.33. The Hall–Kier alpha value is -3.41. The monoisotopic (exact) mass is 414 g/mol. The van der Waals surface area contributed by atoms with Crippen molar-refractivity contribution in [1.82, 2.24) is 9.97 Å². The fourth-order valence-electron chi connectivity index (χ4n) is 4.76. The lowest BCUT2D eigenvalue weighted by molar-refractivity contribution is 0.0961. The molecule has 6 nitrogen and oxygen atoms in total. The van der Waals surface area contributed by atoms with Crippen molar-refractivity contribution >= 4 is 17.4 Å². The van der Waals surface area contributed by atoms with Crippen LogP contribution in [0.2, 0.25) is 0 Å². The molecule has 6 heteroatoms. The fourth-order valence-corrected chi connectivity index (χ4v) is 4.76. The highest BCUT2D eigenvalue weighted by Gasteiger charge is 2.32. The molecule has 2 heterocycles. The molecule has 0 saturated carbocycles. The molecular formula is C25H26N4O2. The van der Waals surface area contributed by atoms with Crippen LogP contribution >= 0.6 is 0 Å². The first-order valence-electron chi connectivity index (χ1n) is 10.8. The van der Waals surface area contributed by atoms with Crippen molar-refractivity contribution in [1.29, 1.82) is 0 Å². The Balaban J connectivity index is 1.38. The molecular weight excluding hydrogens is 388 g/mol. The predicted molar refractivity (Wildman–Crippen MR) is 121 cm³/mol. The van der Waals surface area contributed by atoms with Crippen LogP contribution in [0.5, 0.6) is 5.75 Å². The summed E-state index contributed by atoms with van der Waals surface area (Å²) in [5.41, 5.74) is 4.28. The van der Waals surface area contributed by atoms with Gasteiger partial charge in [0.2, 0.25) is 5.95 Å². The number of hydrogen-bond acceptors (Lipinski definition) is 6. The smallest absolute Gasteiger partial charge is 0.225 e. The lowest BCUT2D eigenvalue weighted by Crippen LogP contribution is -2.47. The molecule has 0 spiro atoms. The first-order valence-corrected chi connectivity index (χ1v) is 10.8. The van der Waals surface area contributed by atoms with Crippen molar-refractivity contribution in [3.63, 3.8) is 0 Å². The number of carbonyl (C=O) groups excluding carboxylic acids is 1. The SMILES string of the molecule is Cc1nc(N2CCN(c3ccccc3)CC2)nc2c1C(=O)CC(c1ccccc1O)C2. The van der Waals surface area contributed by atoms with Gasteiger partial charge in [-0.1, -0.05) is 36.4 Å². The molecule has 5 rings (SSSR count). The minimum atomic E-state index is -0.0572. The van der Waals surface area contributed by atoms with E-state index in [1.54, 1.807) is 12.1 Å². The summed E-state index contributed by atoms with van der Waals surface area (Å²) in [5.74, 6) is 0.951. The van der Waals surface area contributed by atoms with E-state index in [4.69, 9.17) is 9.97 Å². The van der Waals surface area contributed by atoms with E-state index in [0.717, 1.165) is 43.1 Å². The van der Waals surface area contributed by atoms with E-state index in [1.807, 2.05) is 25.1 Å². The number of benzene rings is 2. The van der Waals surface area contributed by atoms with Crippen LogP contribution in [0.4, 0.5) is 11.6 Å².